The summed E-state index contributed by atoms with van der Waals surface area (Å²) in [5.74, 6) is 0.941. The van der Waals surface area contributed by atoms with Gasteiger partial charge in [0.2, 0.25) is 0 Å². The summed E-state index contributed by atoms with van der Waals surface area (Å²) in [5.41, 5.74) is 6.17. The van der Waals surface area contributed by atoms with E-state index in [1.807, 2.05) is 6.20 Å². The molecule has 1 aromatic heterocycles. The molecular weight excluding hydrogens is 344 g/mol. The van der Waals surface area contributed by atoms with Gasteiger partial charge >= 0.3 is 0 Å². The highest BCUT2D eigenvalue weighted by Gasteiger charge is 2.14. The molecular formula is C24H30N4. The second-order valence-corrected chi connectivity index (χ2v) is 7.88. The smallest absolute Gasteiger partial charge is 0.137 e. The summed E-state index contributed by atoms with van der Waals surface area (Å²) in [6.07, 6.45) is 4.23. The van der Waals surface area contributed by atoms with Crippen molar-refractivity contribution in [1.29, 1.82) is 0 Å². The van der Waals surface area contributed by atoms with Gasteiger partial charge in [0.05, 0.1) is 11.9 Å². The van der Waals surface area contributed by atoms with Gasteiger partial charge in [-0.05, 0) is 42.3 Å². The summed E-state index contributed by atoms with van der Waals surface area (Å²) < 4.78 is 0. The van der Waals surface area contributed by atoms with E-state index < -0.39 is 0 Å². The van der Waals surface area contributed by atoms with E-state index in [0.29, 0.717) is 0 Å². The predicted octanol–water partition coefficient (Wildman–Crippen LogP) is 4.44. The third-order valence-corrected chi connectivity index (χ3v) is 5.55. The van der Waals surface area contributed by atoms with E-state index in [4.69, 9.17) is 0 Å². The fourth-order valence-corrected chi connectivity index (χ4v) is 3.88. The maximum Gasteiger partial charge on any atom is 0.137 e. The van der Waals surface area contributed by atoms with Gasteiger partial charge in [0, 0.05) is 38.3 Å². The zero-order chi connectivity index (χ0) is 19.3. The first-order chi connectivity index (χ1) is 13.7. The average Bonchev–Trinajstić information content (AvgIpc) is 3.21. The van der Waals surface area contributed by atoms with Gasteiger partial charge < -0.3 is 9.88 Å². The quantitative estimate of drug-likeness (QED) is 0.693. The maximum atomic E-state index is 4.66. The van der Waals surface area contributed by atoms with Crippen molar-refractivity contribution in [3.63, 3.8) is 0 Å². The normalized spacial score (nSPS) is 15.8. The molecule has 4 nitrogen and oxygen atoms in total. The van der Waals surface area contributed by atoms with Gasteiger partial charge in [0.25, 0.3) is 0 Å². The lowest BCUT2D eigenvalue weighted by Crippen LogP contribution is -2.43. The van der Waals surface area contributed by atoms with Crippen molar-refractivity contribution in [2.24, 2.45) is 0 Å². The number of imidazole rings is 1. The Kier molecular flexibility index (Phi) is 5.89. The molecule has 0 atom stereocenters. The number of piperazine rings is 1. The monoisotopic (exact) mass is 374 g/mol. The highest BCUT2D eigenvalue weighted by molar-refractivity contribution is 5.65. The topological polar surface area (TPSA) is 35.2 Å². The largest absolute Gasteiger partial charge is 0.338 e. The Morgan fingerprint density at radius 3 is 2.43 bits per heavy atom. The molecule has 0 spiro atoms. The van der Waals surface area contributed by atoms with E-state index in [9.17, 15) is 0 Å². The first-order valence-electron chi connectivity index (χ1n) is 10.4. The summed E-state index contributed by atoms with van der Waals surface area (Å²) in [6, 6.07) is 17.5. The molecule has 2 aromatic carbocycles. The number of aromatic amines is 1. The minimum absolute atomic E-state index is 0.941. The molecule has 4 heteroatoms. The number of hydrogen-bond donors (Lipinski definition) is 1. The predicted molar refractivity (Wildman–Crippen MR) is 116 cm³/mol. The Morgan fingerprint density at radius 1 is 0.929 bits per heavy atom. The van der Waals surface area contributed by atoms with Gasteiger partial charge in [-0.2, -0.15) is 0 Å². The van der Waals surface area contributed by atoms with Crippen LogP contribution in [0.1, 0.15) is 24.5 Å². The summed E-state index contributed by atoms with van der Waals surface area (Å²) >= 11 is 0. The van der Waals surface area contributed by atoms with Crippen LogP contribution in [0.4, 0.5) is 0 Å². The lowest BCUT2D eigenvalue weighted by atomic mass is 10.1. The van der Waals surface area contributed by atoms with Crippen LogP contribution < -0.4 is 0 Å². The highest BCUT2D eigenvalue weighted by Crippen LogP contribution is 2.24. The van der Waals surface area contributed by atoms with Crippen LogP contribution >= 0.6 is 0 Å². The molecule has 28 heavy (non-hydrogen) atoms. The van der Waals surface area contributed by atoms with Crippen LogP contribution in [0.5, 0.6) is 0 Å². The second kappa shape index (κ2) is 8.72. The van der Waals surface area contributed by atoms with Crippen LogP contribution in [-0.2, 0) is 13.0 Å². The second-order valence-electron chi connectivity index (χ2n) is 7.88. The number of H-pyrrole nitrogens is 1. The lowest BCUT2D eigenvalue weighted by Gasteiger charge is -2.32. The summed E-state index contributed by atoms with van der Waals surface area (Å²) in [6.45, 7) is 7.81. The van der Waals surface area contributed by atoms with Gasteiger partial charge in [-0.15, -0.1) is 0 Å². The molecule has 4 rings (SSSR count). The third-order valence-electron chi connectivity index (χ3n) is 5.55. The molecule has 2 heterocycles. The Morgan fingerprint density at radius 2 is 1.64 bits per heavy atom. The maximum absolute atomic E-state index is 4.66. The van der Waals surface area contributed by atoms with Gasteiger partial charge in [-0.1, -0.05) is 49.7 Å². The van der Waals surface area contributed by atoms with Crippen molar-refractivity contribution in [2.75, 3.05) is 33.2 Å². The summed E-state index contributed by atoms with van der Waals surface area (Å²) in [7, 11) is 2.20. The molecule has 1 aliphatic rings. The lowest BCUT2D eigenvalue weighted by molar-refractivity contribution is 0.148. The molecule has 146 valence electrons. The average molecular weight is 375 g/mol. The Balaban J connectivity index is 1.50. The minimum atomic E-state index is 0.941. The Hall–Kier alpha value is -2.43. The number of nitrogens with one attached hydrogen (secondary N) is 1. The van der Waals surface area contributed by atoms with E-state index in [-0.39, 0.29) is 0 Å². The molecule has 1 saturated heterocycles. The molecule has 1 N–H and O–H groups in total. The zero-order valence-electron chi connectivity index (χ0n) is 17.0. The van der Waals surface area contributed by atoms with E-state index in [2.05, 4.69) is 82.3 Å². The third kappa shape index (κ3) is 4.51. The molecule has 0 radical (unpaired) electrons. The molecule has 0 saturated carbocycles. The van der Waals surface area contributed by atoms with E-state index in [1.165, 1.54) is 16.7 Å². The molecule has 0 amide bonds. The number of aryl methyl sites for hydroxylation is 1. The van der Waals surface area contributed by atoms with Crippen molar-refractivity contribution in [3.8, 4) is 22.6 Å². The van der Waals surface area contributed by atoms with Crippen LogP contribution in [0.15, 0.2) is 54.7 Å². The first kappa shape index (κ1) is 18.9. The number of benzene rings is 2. The van der Waals surface area contributed by atoms with Crippen LogP contribution in [0, 0.1) is 0 Å². The van der Waals surface area contributed by atoms with Gasteiger partial charge in [0.15, 0.2) is 0 Å². The van der Waals surface area contributed by atoms with Crippen LogP contribution in [0.25, 0.3) is 22.6 Å². The van der Waals surface area contributed by atoms with Crippen molar-refractivity contribution in [1.82, 2.24) is 19.8 Å². The van der Waals surface area contributed by atoms with E-state index in [0.717, 1.165) is 62.6 Å². The molecule has 3 aromatic rings. The van der Waals surface area contributed by atoms with Crippen molar-refractivity contribution < 1.29 is 0 Å². The highest BCUT2D eigenvalue weighted by atomic mass is 15.2. The molecule has 0 unspecified atom stereocenters. The minimum Gasteiger partial charge on any atom is -0.338 e. The van der Waals surface area contributed by atoms with Crippen LogP contribution in [-0.4, -0.2) is 53.0 Å². The van der Waals surface area contributed by atoms with Gasteiger partial charge in [-0.25, -0.2) is 4.98 Å². The van der Waals surface area contributed by atoms with Crippen molar-refractivity contribution in [2.45, 2.75) is 26.3 Å². The van der Waals surface area contributed by atoms with Gasteiger partial charge in [-0.3, -0.25) is 4.90 Å². The van der Waals surface area contributed by atoms with Crippen molar-refractivity contribution in [3.05, 3.63) is 65.9 Å². The van der Waals surface area contributed by atoms with Crippen LogP contribution in [0.2, 0.25) is 0 Å². The van der Waals surface area contributed by atoms with Gasteiger partial charge in [0.1, 0.15) is 5.82 Å². The Bertz CT molecular complexity index is 906. The number of likely N-dealkylation sites (N-methyl/N-ethyl adjacent to an activating group) is 1. The van der Waals surface area contributed by atoms with E-state index in [1.54, 1.807) is 0 Å². The Labute approximate surface area is 168 Å². The number of nitrogens with zero attached hydrogens (tertiary/aromatic N) is 3. The number of hydrogen-bond acceptors (Lipinski definition) is 3. The molecule has 1 aliphatic heterocycles. The fraction of sp³-hybridized carbons (Fsp3) is 0.375. The number of aromatic nitrogens is 2. The fourth-order valence-electron chi connectivity index (χ4n) is 3.88. The molecule has 0 bridgehead atoms. The van der Waals surface area contributed by atoms with Crippen molar-refractivity contribution >= 4 is 0 Å². The SMILES string of the molecule is CCCc1cccc(-c2cnc(-c3cccc(CN4CCN(C)CC4)c3)[nH]2)c1. The standard InChI is InChI=1S/C24H30N4/c1-3-6-19-7-4-9-21(15-19)23-17-25-24(26-23)22-10-5-8-20(16-22)18-28-13-11-27(2)12-14-28/h4-5,7-10,15-17H,3,6,11-14,18H2,1-2H3,(H,25,26). The summed E-state index contributed by atoms with van der Waals surface area (Å²) in [5, 5.41) is 0. The first-order valence-corrected chi connectivity index (χ1v) is 10.4. The molecule has 0 aliphatic carbocycles. The van der Waals surface area contributed by atoms with Crippen LogP contribution in [0.3, 0.4) is 0 Å². The summed E-state index contributed by atoms with van der Waals surface area (Å²) in [4.78, 5) is 13.1. The zero-order valence-corrected chi connectivity index (χ0v) is 17.0. The molecule has 1 fully saturated rings. The van der Waals surface area contributed by atoms with E-state index >= 15 is 0 Å². The number of rotatable bonds is 6.